The minimum absolute atomic E-state index is 0.388. The fourth-order valence-corrected chi connectivity index (χ4v) is 4.03. The maximum absolute atomic E-state index is 5.41. The number of thioether (sulfide) groups is 1. The Kier molecular flexibility index (Phi) is 6.71. The molecule has 0 spiro atoms. The SMILES string of the molecule is CCC(NCC1CCSCC1)c1ccc(OC)c(OC)c1. The lowest BCUT2D eigenvalue weighted by Gasteiger charge is -2.25. The van der Waals surface area contributed by atoms with E-state index in [1.165, 1.54) is 29.9 Å². The van der Waals surface area contributed by atoms with Crippen LogP contribution in [0.1, 0.15) is 37.8 Å². The van der Waals surface area contributed by atoms with Gasteiger partial charge in [-0.25, -0.2) is 0 Å². The second kappa shape index (κ2) is 8.54. The summed E-state index contributed by atoms with van der Waals surface area (Å²) in [5.41, 5.74) is 1.28. The molecule has 0 bridgehead atoms. The van der Waals surface area contributed by atoms with E-state index in [0.29, 0.717) is 6.04 Å². The van der Waals surface area contributed by atoms with Crippen LogP contribution in [0.2, 0.25) is 0 Å². The molecular formula is C17H27NO2S. The first-order chi connectivity index (χ1) is 10.3. The molecule has 1 aromatic carbocycles. The second-order valence-electron chi connectivity index (χ2n) is 5.54. The number of methoxy groups -OCH3 is 2. The van der Waals surface area contributed by atoms with E-state index < -0.39 is 0 Å². The quantitative estimate of drug-likeness (QED) is 0.828. The highest BCUT2D eigenvalue weighted by molar-refractivity contribution is 7.99. The summed E-state index contributed by atoms with van der Waals surface area (Å²) < 4.78 is 10.7. The van der Waals surface area contributed by atoms with E-state index in [1.807, 2.05) is 6.07 Å². The van der Waals surface area contributed by atoms with Crippen molar-refractivity contribution < 1.29 is 9.47 Å². The van der Waals surface area contributed by atoms with Gasteiger partial charge in [-0.1, -0.05) is 13.0 Å². The molecule has 21 heavy (non-hydrogen) atoms. The van der Waals surface area contributed by atoms with Crippen LogP contribution >= 0.6 is 11.8 Å². The average Bonchev–Trinajstić information content (AvgIpc) is 2.56. The summed E-state index contributed by atoms with van der Waals surface area (Å²) in [6.45, 7) is 3.35. The van der Waals surface area contributed by atoms with Crippen molar-refractivity contribution in [2.75, 3.05) is 32.3 Å². The van der Waals surface area contributed by atoms with E-state index in [2.05, 4.69) is 36.1 Å². The first kappa shape index (κ1) is 16.5. The number of ether oxygens (including phenoxy) is 2. The normalized spacial score (nSPS) is 17.5. The summed E-state index contributed by atoms with van der Waals surface area (Å²) in [7, 11) is 3.36. The van der Waals surface area contributed by atoms with E-state index in [9.17, 15) is 0 Å². The molecule has 0 radical (unpaired) electrons. The van der Waals surface area contributed by atoms with Gasteiger partial charge in [0.1, 0.15) is 0 Å². The van der Waals surface area contributed by atoms with Crippen molar-refractivity contribution in [3.63, 3.8) is 0 Å². The van der Waals surface area contributed by atoms with Crippen LogP contribution in [0, 0.1) is 5.92 Å². The zero-order valence-electron chi connectivity index (χ0n) is 13.4. The lowest BCUT2D eigenvalue weighted by molar-refractivity contribution is 0.353. The molecule has 1 N–H and O–H groups in total. The molecule has 0 aromatic heterocycles. The van der Waals surface area contributed by atoms with Crippen molar-refractivity contribution in [3.8, 4) is 11.5 Å². The van der Waals surface area contributed by atoms with Gasteiger partial charge in [-0.05, 0) is 60.9 Å². The first-order valence-corrected chi connectivity index (χ1v) is 8.97. The molecule has 118 valence electrons. The standard InChI is InChI=1S/C17H27NO2S/c1-4-15(18-12-13-7-9-21-10-8-13)14-5-6-16(19-2)17(11-14)20-3/h5-6,11,13,15,18H,4,7-10,12H2,1-3H3. The Labute approximate surface area is 132 Å². The van der Waals surface area contributed by atoms with Gasteiger partial charge in [0.25, 0.3) is 0 Å². The Morgan fingerprint density at radius 3 is 2.52 bits per heavy atom. The molecule has 1 atom stereocenters. The Morgan fingerprint density at radius 2 is 1.90 bits per heavy atom. The van der Waals surface area contributed by atoms with Gasteiger partial charge in [0.15, 0.2) is 11.5 Å². The van der Waals surface area contributed by atoms with Gasteiger partial charge >= 0.3 is 0 Å². The molecule has 1 unspecified atom stereocenters. The maximum Gasteiger partial charge on any atom is 0.161 e. The monoisotopic (exact) mass is 309 g/mol. The van der Waals surface area contributed by atoms with E-state index in [0.717, 1.165) is 30.4 Å². The highest BCUT2D eigenvalue weighted by Crippen LogP contribution is 2.31. The fourth-order valence-electron chi connectivity index (χ4n) is 2.83. The molecule has 1 aliphatic heterocycles. The van der Waals surface area contributed by atoms with Gasteiger partial charge < -0.3 is 14.8 Å². The van der Waals surface area contributed by atoms with Crippen molar-refractivity contribution in [1.82, 2.24) is 5.32 Å². The summed E-state index contributed by atoms with van der Waals surface area (Å²) in [5.74, 6) is 5.07. The Bertz CT molecular complexity index is 433. The first-order valence-electron chi connectivity index (χ1n) is 7.81. The van der Waals surface area contributed by atoms with Crippen molar-refractivity contribution in [3.05, 3.63) is 23.8 Å². The van der Waals surface area contributed by atoms with Gasteiger partial charge in [-0.2, -0.15) is 11.8 Å². The lowest BCUT2D eigenvalue weighted by atomic mass is 9.99. The van der Waals surface area contributed by atoms with Crippen molar-refractivity contribution in [2.45, 2.75) is 32.2 Å². The van der Waals surface area contributed by atoms with Crippen molar-refractivity contribution >= 4 is 11.8 Å². The van der Waals surface area contributed by atoms with Crippen LogP contribution in [-0.4, -0.2) is 32.3 Å². The number of hydrogen-bond donors (Lipinski definition) is 1. The predicted molar refractivity (Wildman–Crippen MR) is 90.6 cm³/mol. The Hall–Kier alpha value is -0.870. The molecule has 0 amide bonds. The molecule has 1 aromatic rings. The number of hydrogen-bond acceptors (Lipinski definition) is 4. The molecule has 3 nitrogen and oxygen atoms in total. The van der Waals surface area contributed by atoms with E-state index in [4.69, 9.17) is 9.47 Å². The number of benzene rings is 1. The summed E-state index contributed by atoms with van der Waals surface area (Å²) in [6.07, 6.45) is 3.77. The third-order valence-electron chi connectivity index (χ3n) is 4.21. The minimum atomic E-state index is 0.388. The number of nitrogens with one attached hydrogen (secondary N) is 1. The van der Waals surface area contributed by atoms with Gasteiger partial charge in [0.05, 0.1) is 14.2 Å². The Morgan fingerprint density at radius 1 is 1.19 bits per heavy atom. The largest absolute Gasteiger partial charge is 0.493 e. The van der Waals surface area contributed by atoms with Crippen LogP contribution in [-0.2, 0) is 0 Å². The average molecular weight is 309 g/mol. The van der Waals surface area contributed by atoms with Crippen LogP contribution in [0.3, 0.4) is 0 Å². The van der Waals surface area contributed by atoms with Crippen LogP contribution in [0.4, 0.5) is 0 Å². The summed E-state index contributed by atoms with van der Waals surface area (Å²) in [6, 6.07) is 6.62. The summed E-state index contributed by atoms with van der Waals surface area (Å²) in [4.78, 5) is 0. The third kappa shape index (κ3) is 4.55. The van der Waals surface area contributed by atoms with Gasteiger partial charge in [-0.15, -0.1) is 0 Å². The lowest BCUT2D eigenvalue weighted by Crippen LogP contribution is -2.29. The fraction of sp³-hybridized carbons (Fsp3) is 0.647. The van der Waals surface area contributed by atoms with Crippen LogP contribution in [0.5, 0.6) is 11.5 Å². The molecule has 0 saturated carbocycles. The molecule has 1 heterocycles. The smallest absolute Gasteiger partial charge is 0.161 e. The predicted octanol–water partition coefficient (Wildman–Crippen LogP) is 3.89. The van der Waals surface area contributed by atoms with Gasteiger partial charge in [0.2, 0.25) is 0 Å². The maximum atomic E-state index is 5.41. The minimum Gasteiger partial charge on any atom is -0.493 e. The van der Waals surface area contributed by atoms with E-state index in [-0.39, 0.29) is 0 Å². The highest BCUT2D eigenvalue weighted by atomic mass is 32.2. The van der Waals surface area contributed by atoms with E-state index in [1.54, 1.807) is 14.2 Å². The van der Waals surface area contributed by atoms with Crippen molar-refractivity contribution in [2.24, 2.45) is 5.92 Å². The molecule has 1 aliphatic rings. The van der Waals surface area contributed by atoms with Crippen molar-refractivity contribution in [1.29, 1.82) is 0 Å². The summed E-state index contributed by atoms with van der Waals surface area (Å²) >= 11 is 2.09. The highest BCUT2D eigenvalue weighted by Gasteiger charge is 2.17. The molecule has 1 saturated heterocycles. The molecule has 2 rings (SSSR count). The third-order valence-corrected chi connectivity index (χ3v) is 5.26. The molecule has 1 fully saturated rings. The zero-order chi connectivity index (χ0) is 15.1. The van der Waals surface area contributed by atoms with Crippen LogP contribution < -0.4 is 14.8 Å². The van der Waals surface area contributed by atoms with Gasteiger partial charge in [0, 0.05) is 6.04 Å². The molecule has 4 heteroatoms. The zero-order valence-corrected chi connectivity index (χ0v) is 14.2. The molecule has 0 aliphatic carbocycles. The van der Waals surface area contributed by atoms with E-state index >= 15 is 0 Å². The van der Waals surface area contributed by atoms with Crippen LogP contribution in [0.25, 0.3) is 0 Å². The van der Waals surface area contributed by atoms with Crippen LogP contribution in [0.15, 0.2) is 18.2 Å². The number of rotatable bonds is 7. The Balaban J connectivity index is 1.99. The molecular weight excluding hydrogens is 282 g/mol. The van der Waals surface area contributed by atoms with Gasteiger partial charge in [-0.3, -0.25) is 0 Å². The second-order valence-corrected chi connectivity index (χ2v) is 6.76. The summed E-state index contributed by atoms with van der Waals surface area (Å²) in [5, 5.41) is 3.74. The topological polar surface area (TPSA) is 30.5 Å².